The predicted octanol–water partition coefficient (Wildman–Crippen LogP) is 3.22. The lowest BCUT2D eigenvalue weighted by atomic mass is 10.2. The van der Waals surface area contributed by atoms with Crippen LogP contribution in [0.3, 0.4) is 0 Å². The summed E-state index contributed by atoms with van der Waals surface area (Å²) >= 11 is 0. The first kappa shape index (κ1) is 16.6. The van der Waals surface area contributed by atoms with Crippen molar-refractivity contribution in [2.24, 2.45) is 0 Å². The number of alkyl halides is 3. The van der Waals surface area contributed by atoms with Crippen LogP contribution in [-0.4, -0.2) is 14.8 Å². The molecule has 9 heteroatoms. The number of para-hydroxylation sites is 1. The third kappa shape index (κ3) is 4.37. The highest BCUT2D eigenvalue weighted by Crippen LogP contribution is 2.26. The SMILES string of the molecule is N#Cc1ccccc1OS(=O)(=O)c1ccc(OC(F)(F)F)cc1. The Morgan fingerprint density at radius 2 is 1.61 bits per heavy atom. The molecule has 0 aliphatic rings. The van der Waals surface area contributed by atoms with Gasteiger partial charge >= 0.3 is 16.5 Å². The van der Waals surface area contributed by atoms with E-state index in [-0.39, 0.29) is 16.2 Å². The monoisotopic (exact) mass is 343 g/mol. The van der Waals surface area contributed by atoms with Gasteiger partial charge in [-0.05, 0) is 36.4 Å². The zero-order valence-corrected chi connectivity index (χ0v) is 12.1. The van der Waals surface area contributed by atoms with Gasteiger partial charge in [0.25, 0.3) is 0 Å². The molecule has 2 aromatic rings. The van der Waals surface area contributed by atoms with E-state index in [2.05, 4.69) is 4.74 Å². The van der Waals surface area contributed by atoms with Crippen molar-refractivity contribution in [2.45, 2.75) is 11.3 Å². The van der Waals surface area contributed by atoms with Gasteiger partial charge in [-0.1, -0.05) is 12.1 Å². The van der Waals surface area contributed by atoms with Crippen LogP contribution in [0.2, 0.25) is 0 Å². The molecule has 0 fully saturated rings. The molecule has 0 N–H and O–H groups in total. The average Bonchev–Trinajstić information content (AvgIpc) is 2.46. The van der Waals surface area contributed by atoms with E-state index >= 15 is 0 Å². The standard InChI is InChI=1S/C14H8F3NO4S/c15-14(16,17)21-11-5-7-12(8-6-11)23(19,20)22-13-4-2-1-3-10(13)9-18/h1-8H. The van der Waals surface area contributed by atoms with Gasteiger partial charge in [0.15, 0.2) is 5.75 Å². The van der Waals surface area contributed by atoms with Gasteiger partial charge in [-0.3, -0.25) is 0 Å². The molecule has 0 aliphatic heterocycles. The average molecular weight is 343 g/mol. The summed E-state index contributed by atoms with van der Waals surface area (Å²) in [7, 11) is -4.29. The third-order valence-corrected chi connectivity index (χ3v) is 3.80. The quantitative estimate of drug-likeness (QED) is 0.797. The van der Waals surface area contributed by atoms with Crippen molar-refractivity contribution in [3.8, 4) is 17.6 Å². The van der Waals surface area contributed by atoms with Crippen molar-refractivity contribution in [1.82, 2.24) is 0 Å². The second-order valence-electron chi connectivity index (χ2n) is 4.16. The Bertz CT molecular complexity index is 840. The smallest absolute Gasteiger partial charge is 0.406 e. The Morgan fingerprint density at radius 3 is 2.17 bits per heavy atom. The van der Waals surface area contributed by atoms with Crippen LogP contribution in [0.1, 0.15) is 5.56 Å². The molecule has 0 radical (unpaired) electrons. The van der Waals surface area contributed by atoms with E-state index in [9.17, 15) is 21.6 Å². The molecule has 120 valence electrons. The fourth-order valence-corrected chi connectivity index (χ4v) is 2.55. The van der Waals surface area contributed by atoms with Gasteiger partial charge in [-0.2, -0.15) is 13.7 Å². The van der Waals surface area contributed by atoms with Crippen molar-refractivity contribution in [2.75, 3.05) is 0 Å². The van der Waals surface area contributed by atoms with E-state index in [4.69, 9.17) is 9.44 Å². The summed E-state index contributed by atoms with van der Waals surface area (Å²) in [4.78, 5) is -0.375. The first-order valence-electron chi connectivity index (χ1n) is 6.01. The van der Waals surface area contributed by atoms with Gasteiger partial charge in [-0.25, -0.2) is 0 Å². The summed E-state index contributed by atoms with van der Waals surface area (Å²) in [5, 5.41) is 8.88. The van der Waals surface area contributed by atoms with Gasteiger partial charge in [0, 0.05) is 0 Å². The van der Waals surface area contributed by atoms with E-state index in [0.29, 0.717) is 0 Å². The molecule has 0 aromatic heterocycles. The Morgan fingerprint density at radius 1 is 1.00 bits per heavy atom. The van der Waals surface area contributed by atoms with Crippen LogP contribution in [0.15, 0.2) is 53.4 Å². The van der Waals surface area contributed by atoms with Crippen molar-refractivity contribution >= 4 is 10.1 Å². The van der Waals surface area contributed by atoms with E-state index in [0.717, 1.165) is 24.3 Å². The van der Waals surface area contributed by atoms with Gasteiger partial charge < -0.3 is 8.92 Å². The van der Waals surface area contributed by atoms with Crippen LogP contribution in [0.25, 0.3) is 0 Å². The molecule has 0 atom stereocenters. The van der Waals surface area contributed by atoms with Gasteiger partial charge in [-0.15, -0.1) is 13.2 Å². The summed E-state index contributed by atoms with van der Waals surface area (Å²) in [6.07, 6.45) is -4.87. The van der Waals surface area contributed by atoms with E-state index < -0.39 is 22.2 Å². The van der Waals surface area contributed by atoms with Crippen LogP contribution in [-0.2, 0) is 10.1 Å². The molecule has 0 heterocycles. The molecule has 2 aromatic carbocycles. The summed E-state index contributed by atoms with van der Waals surface area (Å²) in [5.41, 5.74) is 0.00750. The molecule has 23 heavy (non-hydrogen) atoms. The Hall–Kier alpha value is -2.73. The highest BCUT2D eigenvalue weighted by atomic mass is 32.2. The van der Waals surface area contributed by atoms with Crippen LogP contribution < -0.4 is 8.92 Å². The molecule has 5 nitrogen and oxygen atoms in total. The van der Waals surface area contributed by atoms with Crippen LogP contribution in [0, 0.1) is 11.3 Å². The molecule has 2 rings (SSSR count). The largest absolute Gasteiger partial charge is 0.573 e. The molecule has 0 bridgehead atoms. The number of halogens is 3. The molecule has 0 aliphatic carbocycles. The number of rotatable bonds is 4. The highest BCUT2D eigenvalue weighted by molar-refractivity contribution is 7.87. The van der Waals surface area contributed by atoms with Crippen molar-refractivity contribution < 1.29 is 30.5 Å². The number of hydrogen-bond donors (Lipinski definition) is 0. The molecule has 0 spiro atoms. The lowest BCUT2D eigenvalue weighted by Crippen LogP contribution is -2.17. The van der Waals surface area contributed by atoms with Crippen molar-refractivity contribution in [1.29, 1.82) is 5.26 Å². The van der Waals surface area contributed by atoms with Gasteiger partial charge in [0.05, 0.1) is 5.56 Å². The number of ether oxygens (including phenoxy) is 1. The summed E-state index contributed by atoms with van der Waals surface area (Å²) in [6.45, 7) is 0. The topological polar surface area (TPSA) is 76.4 Å². The minimum Gasteiger partial charge on any atom is -0.406 e. The molecule has 0 saturated carbocycles. The summed E-state index contributed by atoms with van der Waals surface area (Å²) in [6, 6.07) is 10.9. The van der Waals surface area contributed by atoms with Gasteiger partial charge in [0.2, 0.25) is 0 Å². The van der Waals surface area contributed by atoms with Crippen molar-refractivity contribution in [3.05, 3.63) is 54.1 Å². The van der Waals surface area contributed by atoms with Crippen molar-refractivity contribution in [3.63, 3.8) is 0 Å². The van der Waals surface area contributed by atoms with E-state index in [1.165, 1.54) is 24.3 Å². The predicted molar refractivity (Wildman–Crippen MR) is 72.1 cm³/mol. The first-order valence-corrected chi connectivity index (χ1v) is 7.41. The zero-order chi connectivity index (χ0) is 17.1. The Balaban J connectivity index is 2.25. The van der Waals surface area contributed by atoms with Crippen LogP contribution in [0.4, 0.5) is 13.2 Å². The minimum absolute atomic E-state index is 0.00750. The molecular formula is C14H8F3NO4S. The number of benzene rings is 2. The molecule has 0 unspecified atom stereocenters. The number of nitrogens with zero attached hydrogens (tertiary/aromatic N) is 1. The Labute approximate surface area is 129 Å². The summed E-state index contributed by atoms with van der Waals surface area (Å²) < 4.78 is 68.8. The molecule has 0 amide bonds. The fraction of sp³-hybridized carbons (Fsp3) is 0.0714. The Kier molecular flexibility index (Phi) is 4.47. The van der Waals surface area contributed by atoms with Gasteiger partial charge in [0.1, 0.15) is 16.7 Å². The van der Waals surface area contributed by atoms with E-state index in [1.54, 1.807) is 6.07 Å². The first-order chi connectivity index (χ1) is 10.7. The second-order valence-corrected chi connectivity index (χ2v) is 5.71. The lowest BCUT2D eigenvalue weighted by molar-refractivity contribution is -0.274. The highest BCUT2D eigenvalue weighted by Gasteiger charge is 2.31. The maximum absolute atomic E-state index is 12.1. The normalized spacial score (nSPS) is 11.6. The molecule has 0 saturated heterocycles. The zero-order valence-electron chi connectivity index (χ0n) is 11.2. The number of hydrogen-bond acceptors (Lipinski definition) is 5. The number of nitriles is 1. The lowest BCUT2D eigenvalue weighted by Gasteiger charge is -2.10. The maximum atomic E-state index is 12.1. The minimum atomic E-state index is -4.87. The second kappa shape index (κ2) is 6.18. The fourth-order valence-electron chi connectivity index (χ4n) is 1.61. The third-order valence-electron chi connectivity index (χ3n) is 2.55. The van der Waals surface area contributed by atoms with Crippen LogP contribution in [0.5, 0.6) is 11.5 Å². The molecular weight excluding hydrogens is 335 g/mol. The summed E-state index contributed by atoms with van der Waals surface area (Å²) in [5.74, 6) is -0.737. The van der Waals surface area contributed by atoms with Crippen LogP contribution >= 0.6 is 0 Å². The van der Waals surface area contributed by atoms with E-state index in [1.807, 2.05) is 0 Å². The maximum Gasteiger partial charge on any atom is 0.573 e.